The normalized spacial score (nSPS) is 11.3. The molecule has 298 valence electrons. The summed E-state index contributed by atoms with van der Waals surface area (Å²) in [6.45, 7) is 12.7. The summed E-state index contributed by atoms with van der Waals surface area (Å²) in [5, 5.41) is 27.4. The minimum atomic E-state index is -1.10. The third kappa shape index (κ3) is 12.4. The molecule has 5 aromatic rings. The number of unbranched alkanes of at least 4 members (excludes halogenated alkanes) is 2. The standard InChI is InChI=1S/C41H52FN9O3S2/c1-6-50(7-2)25-22-43-21-11-8-12-24-51(36-27-29(3)38(48-47-36)46-40-44-32-16-9-10-17-34(32)55-40)41-45-37(39(52)53)35(56-41)18-14-26-54-33-20-19-30(28-31(33)42)15-13-23-49(4)5/h9-10,16-17,19-20,27-28,43H,6-8,11-12,14,18,21-26H2,1-5H3,(H,52,53)(H,44,46,48). The number of aryl methyl sites for hydroxylation is 2. The number of para-hydroxylation sites is 1. The number of fused-ring (bicyclic) bond motifs is 1. The van der Waals surface area contributed by atoms with Gasteiger partial charge in [0.1, 0.15) is 0 Å². The number of hydrogen-bond acceptors (Lipinski definition) is 13. The van der Waals surface area contributed by atoms with Gasteiger partial charge in [-0.1, -0.05) is 55.6 Å². The first-order valence-corrected chi connectivity index (χ1v) is 20.7. The highest BCUT2D eigenvalue weighted by Crippen LogP contribution is 2.34. The van der Waals surface area contributed by atoms with Gasteiger partial charge in [0.05, 0.1) is 23.4 Å². The van der Waals surface area contributed by atoms with Crippen molar-refractivity contribution in [2.24, 2.45) is 0 Å². The van der Waals surface area contributed by atoms with E-state index in [1.807, 2.05) is 61.2 Å². The summed E-state index contributed by atoms with van der Waals surface area (Å²) in [7, 11) is 3.84. The van der Waals surface area contributed by atoms with Crippen molar-refractivity contribution in [1.29, 1.82) is 0 Å². The Hall–Kier alpha value is -4.72. The number of halogens is 1. The number of rotatable bonds is 22. The van der Waals surface area contributed by atoms with Crippen LogP contribution in [0.2, 0.25) is 0 Å². The fourth-order valence-corrected chi connectivity index (χ4v) is 7.86. The zero-order valence-corrected chi connectivity index (χ0v) is 34.5. The lowest BCUT2D eigenvalue weighted by molar-refractivity contribution is 0.0690. The lowest BCUT2D eigenvalue weighted by Crippen LogP contribution is -2.32. The van der Waals surface area contributed by atoms with Gasteiger partial charge in [0.15, 0.2) is 39.2 Å². The topological polar surface area (TPSA) is 132 Å². The molecule has 56 heavy (non-hydrogen) atoms. The maximum atomic E-state index is 14.8. The van der Waals surface area contributed by atoms with Crippen LogP contribution < -0.4 is 20.3 Å². The van der Waals surface area contributed by atoms with Crippen molar-refractivity contribution in [3.05, 3.63) is 76.0 Å². The van der Waals surface area contributed by atoms with Gasteiger partial charge in [-0.25, -0.2) is 19.2 Å². The van der Waals surface area contributed by atoms with Crippen molar-refractivity contribution in [3.63, 3.8) is 0 Å². The van der Waals surface area contributed by atoms with Gasteiger partial charge < -0.3 is 30.3 Å². The van der Waals surface area contributed by atoms with Gasteiger partial charge in [-0.3, -0.25) is 4.90 Å². The fraction of sp³-hybridized carbons (Fsp3) is 0.439. The Morgan fingerprint density at radius 1 is 0.964 bits per heavy atom. The Morgan fingerprint density at radius 2 is 1.79 bits per heavy atom. The summed E-state index contributed by atoms with van der Waals surface area (Å²) in [5.74, 6) is 5.67. The van der Waals surface area contributed by atoms with E-state index in [1.54, 1.807) is 23.5 Å². The minimum absolute atomic E-state index is 0.00182. The summed E-state index contributed by atoms with van der Waals surface area (Å²) >= 11 is 2.87. The summed E-state index contributed by atoms with van der Waals surface area (Å²) in [6.07, 6.45) is 3.70. The molecule has 0 radical (unpaired) electrons. The van der Waals surface area contributed by atoms with E-state index in [0.717, 1.165) is 72.9 Å². The molecule has 15 heteroatoms. The summed E-state index contributed by atoms with van der Waals surface area (Å²) < 4.78 is 21.6. The molecule has 2 aromatic carbocycles. The first-order valence-electron chi connectivity index (χ1n) is 19.1. The van der Waals surface area contributed by atoms with Gasteiger partial charge in [0.25, 0.3) is 0 Å². The van der Waals surface area contributed by atoms with Crippen LogP contribution in [0.1, 0.15) is 66.0 Å². The van der Waals surface area contributed by atoms with Gasteiger partial charge in [-0.2, -0.15) is 0 Å². The van der Waals surface area contributed by atoms with Crippen LogP contribution in [0, 0.1) is 24.6 Å². The maximum absolute atomic E-state index is 14.8. The third-order valence-corrected chi connectivity index (χ3v) is 11.1. The van der Waals surface area contributed by atoms with Crippen molar-refractivity contribution in [2.45, 2.75) is 52.9 Å². The van der Waals surface area contributed by atoms with Gasteiger partial charge in [-0.05, 0) is 108 Å². The van der Waals surface area contributed by atoms with E-state index in [0.29, 0.717) is 53.1 Å². The van der Waals surface area contributed by atoms with E-state index in [4.69, 9.17) is 4.74 Å². The molecule has 3 heterocycles. The number of aromatic nitrogens is 4. The van der Waals surface area contributed by atoms with Gasteiger partial charge in [0.2, 0.25) is 0 Å². The average Bonchev–Trinajstić information content (AvgIpc) is 3.80. The summed E-state index contributed by atoms with van der Waals surface area (Å²) in [4.78, 5) is 28.6. The first-order chi connectivity index (χ1) is 27.1. The van der Waals surface area contributed by atoms with E-state index in [9.17, 15) is 14.3 Å². The number of ether oxygens (including phenoxy) is 1. The molecule has 0 unspecified atom stereocenters. The lowest BCUT2D eigenvalue weighted by atomic mass is 10.2. The molecule has 0 fully saturated rings. The van der Waals surface area contributed by atoms with Crippen LogP contribution in [0.5, 0.6) is 5.75 Å². The second-order valence-corrected chi connectivity index (χ2v) is 15.6. The lowest BCUT2D eigenvalue weighted by Gasteiger charge is -2.21. The quantitative estimate of drug-likeness (QED) is 0.0471. The molecule has 0 saturated carbocycles. The van der Waals surface area contributed by atoms with E-state index in [1.165, 1.54) is 17.4 Å². The number of carboxylic acid groups (broad SMARTS) is 1. The van der Waals surface area contributed by atoms with Crippen molar-refractivity contribution < 1.29 is 19.0 Å². The number of anilines is 4. The smallest absolute Gasteiger partial charge is 0.355 e. The highest BCUT2D eigenvalue weighted by molar-refractivity contribution is 7.22. The number of hydrogen-bond donors (Lipinski definition) is 3. The Labute approximate surface area is 337 Å². The Kier molecular flexibility index (Phi) is 16.3. The predicted molar refractivity (Wildman–Crippen MR) is 226 cm³/mol. The van der Waals surface area contributed by atoms with E-state index in [2.05, 4.69) is 61.4 Å². The summed E-state index contributed by atoms with van der Waals surface area (Å²) in [5.41, 5.74) is 2.35. The van der Waals surface area contributed by atoms with Crippen LogP contribution in [-0.2, 0) is 6.42 Å². The largest absolute Gasteiger partial charge is 0.491 e. The molecule has 0 aliphatic carbocycles. The Morgan fingerprint density at radius 3 is 2.52 bits per heavy atom. The van der Waals surface area contributed by atoms with Crippen molar-refractivity contribution >= 4 is 60.8 Å². The van der Waals surface area contributed by atoms with Crippen LogP contribution >= 0.6 is 22.7 Å². The first kappa shape index (κ1) is 42.4. The Bertz CT molecular complexity index is 2060. The molecule has 0 aliphatic heterocycles. The van der Waals surface area contributed by atoms with Gasteiger partial charge >= 0.3 is 5.97 Å². The molecule has 3 aromatic heterocycles. The molecule has 0 amide bonds. The second-order valence-electron chi connectivity index (χ2n) is 13.5. The fourth-order valence-electron chi connectivity index (χ4n) is 5.86. The number of likely N-dealkylation sites (N-methyl/N-ethyl adjacent to an activating group) is 1. The molecule has 3 N–H and O–H groups in total. The minimum Gasteiger partial charge on any atom is -0.491 e. The molecular weight excluding hydrogens is 750 g/mol. The molecule has 0 saturated heterocycles. The van der Waals surface area contributed by atoms with Crippen LogP contribution in [0.3, 0.4) is 0 Å². The SMILES string of the molecule is CCN(CC)CCNCCCCCN(c1cc(C)c(Nc2nc3ccccc3s2)nn1)c1nc(C(=O)O)c(CCCOc2ccc(C#CCN(C)C)cc2F)s1. The molecular formula is C41H52FN9O3S2. The third-order valence-electron chi connectivity index (χ3n) is 8.99. The second kappa shape index (κ2) is 21.5. The van der Waals surface area contributed by atoms with Crippen LogP contribution in [0.15, 0.2) is 48.5 Å². The number of carbonyl (C=O) groups is 1. The zero-order valence-electron chi connectivity index (χ0n) is 32.9. The number of nitrogens with one attached hydrogen (secondary N) is 2. The molecule has 5 rings (SSSR count). The van der Waals surface area contributed by atoms with E-state index in [-0.39, 0.29) is 18.1 Å². The number of nitrogens with zero attached hydrogens (tertiary/aromatic N) is 7. The highest BCUT2D eigenvalue weighted by atomic mass is 32.1. The zero-order chi connectivity index (χ0) is 39.9. The molecule has 0 atom stereocenters. The Balaban J connectivity index is 1.26. The number of carboxylic acids is 1. The van der Waals surface area contributed by atoms with Crippen LogP contribution in [0.25, 0.3) is 10.2 Å². The van der Waals surface area contributed by atoms with E-state index >= 15 is 0 Å². The number of benzene rings is 2. The number of thiazole rings is 2. The maximum Gasteiger partial charge on any atom is 0.355 e. The molecule has 12 nitrogen and oxygen atoms in total. The van der Waals surface area contributed by atoms with Crippen molar-refractivity contribution in [2.75, 3.05) is 76.7 Å². The predicted octanol–water partition coefficient (Wildman–Crippen LogP) is 7.60. The highest BCUT2D eigenvalue weighted by Gasteiger charge is 2.23. The average molecular weight is 802 g/mol. The molecule has 0 aliphatic rings. The molecule has 0 bridgehead atoms. The van der Waals surface area contributed by atoms with Crippen molar-refractivity contribution in [1.82, 2.24) is 35.3 Å². The monoisotopic (exact) mass is 801 g/mol. The molecule has 0 spiro atoms. The van der Waals surface area contributed by atoms with Crippen molar-refractivity contribution in [3.8, 4) is 17.6 Å². The van der Waals surface area contributed by atoms with E-state index < -0.39 is 11.8 Å². The van der Waals surface area contributed by atoms with Gasteiger partial charge in [0, 0.05) is 30.1 Å². The summed E-state index contributed by atoms with van der Waals surface area (Å²) in [6, 6.07) is 14.6. The van der Waals surface area contributed by atoms with Crippen LogP contribution in [-0.4, -0.2) is 108 Å². The van der Waals surface area contributed by atoms with Crippen LogP contribution in [0.4, 0.5) is 26.3 Å². The number of aromatic carboxylic acids is 1. The van der Waals surface area contributed by atoms with Gasteiger partial charge in [-0.15, -0.1) is 21.5 Å².